The zero-order valence-electron chi connectivity index (χ0n) is 19.3. The molecule has 3 aromatic carbocycles. The van der Waals surface area contributed by atoms with Crippen molar-refractivity contribution in [3.8, 4) is 5.75 Å². The molecule has 3 aliphatic rings. The van der Waals surface area contributed by atoms with Crippen LogP contribution in [0.25, 0.3) is 6.08 Å². The van der Waals surface area contributed by atoms with Gasteiger partial charge in [-0.05, 0) is 47.5 Å². The van der Waals surface area contributed by atoms with Gasteiger partial charge in [-0.25, -0.2) is 4.90 Å². The van der Waals surface area contributed by atoms with Crippen molar-refractivity contribution in [1.29, 1.82) is 0 Å². The Morgan fingerprint density at radius 3 is 2.44 bits per heavy atom. The van der Waals surface area contributed by atoms with E-state index in [4.69, 9.17) is 16.3 Å². The summed E-state index contributed by atoms with van der Waals surface area (Å²) in [4.78, 5) is 44.6. The second kappa shape index (κ2) is 8.53. The number of nitrogens with zero attached hydrogens (tertiary/aromatic N) is 2. The van der Waals surface area contributed by atoms with Gasteiger partial charge in [-0.3, -0.25) is 14.4 Å². The van der Waals surface area contributed by atoms with Gasteiger partial charge in [-0.2, -0.15) is 0 Å². The number of nitrogens with one attached hydrogen (secondary N) is 1. The molecule has 0 spiro atoms. The average Bonchev–Trinajstić information content (AvgIpc) is 3.37. The summed E-state index contributed by atoms with van der Waals surface area (Å²) in [6.45, 7) is 0. The molecule has 180 valence electrons. The highest BCUT2D eigenvalue weighted by Crippen LogP contribution is 2.53. The van der Waals surface area contributed by atoms with Gasteiger partial charge in [0, 0.05) is 11.2 Å². The standard InChI is InChI=1S/C28H22ClN3O4/c1-36-21-12-11-17(29)15-20(21)30-26(33)25-23-22(24-19-10-6-5-7-16(19)13-14-31(24)25)27(34)32(28(23)35)18-8-3-2-4-9-18/h2-15,22-25H,1H3,(H,30,33)/t22-,23+,24+,25-/m0/s1. The van der Waals surface area contributed by atoms with Crippen LogP contribution in [0, 0.1) is 11.8 Å². The molecule has 36 heavy (non-hydrogen) atoms. The zero-order chi connectivity index (χ0) is 25.0. The van der Waals surface area contributed by atoms with Crippen LogP contribution in [-0.4, -0.2) is 35.8 Å². The van der Waals surface area contributed by atoms with Crippen molar-refractivity contribution in [1.82, 2.24) is 4.90 Å². The molecule has 8 heteroatoms. The van der Waals surface area contributed by atoms with Crippen LogP contribution in [0.4, 0.5) is 11.4 Å². The minimum absolute atomic E-state index is 0.299. The molecule has 3 aliphatic heterocycles. The first-order chi connectivity index (χ1) is 17.5. The topological polar surface area (TPSA) is 79.0 Å². The minimum atomic E-state index is -0.904. The third kappa shape index (κ3) is 3.31. The zero-order valence-corrected chi connectivity index (χ0v) is 20.1. The van der Waals surface area contributed by atoms with Crippen LogP contribution in [0.15, 0.2) is 79.0 Å². The fraction of sp³-hybridized carbons (Fsp3) is 0.179. The Hall–Kier alpha value is -4.10. The number of ether oxygens (including phenoxy) is 1. The predicted octanol–water partition coefficient (Wildman–Crippen LogP) is 4.50. The highest BCUT2D eigenvalue weighted by atomic mass is 35.5. The maximum atomic E-state index is 13.8. The van der Waals surface area contributed by atoms with Gasteiger partial charge in [0.1, 0.15) is 11.8 Å². The van der Waals surface area contributed by atoms with Crippen LogP contribution < -0.4 is 15.0 Å². The first-order valence-corrected chi connectivity index (χ1v) is 12.0. The Kier molecular flexibility index (Phi) is 5.30. The highest BCUT2D eigenvalue weighted by Gasteiger charge is 2.64. The minimum Gasteiger partial charge on any atom is -0.495 e. The molecule has 6 rings (SSSR count). The van der Waals surface area contributed by atoms with E-state index in [1.807, 2.05) is 47.5 Å². The lowest BCUT2D eigenvalue weighted by Gasteiger charge is -2.35. The Bertz CT molecular complexity index is 1420. The maximum Gasteiger partial charge on any atom is 0.248 e. The summed E-state index contributed by atoms with van der Waals surface area (Å²) in [5.41, 5.74) is 2.78. The summed E-state index contributed by atoms with van der Waals surface area (Å²) < 4.78 is 5.39. The van der Waals surface area contributed by atoms with Crippen molar-refractivity contribution in [3.05, 3.63) is 95.1 Å². The van der Waals surface area contributed by atoms with Crippen molar-refractivity contribution >= 4 is 46.8 Å². The predicted molar refractivity (Wildman–Crippen MR) is 136 cm³/mol. The van der Waals surface area contributed by atoms with Crippen LogP contribution in [0.5, 0.6) is 5.75 Å². The van der Waals surface area contributed by atoms with Gasteiger partial charge >= 0.3 is 0 Å². The van der Waals surface area contributed by atoms with Crippen LogP contribution in [0.1, 0.15) is 17.2 Å². The smallest absolute Gasteiger partial charge is 0.248 e. The van der Waals surface area contributed by atoms with E-state index in [-0.39, 0.29) is 11.8 Å². The van der Waals surface area contributed by atoms with E-state index < -0.39 is 29.8 Å². The molecule has 3 heterocycles. The summed E-state index contributed by atoms with van der Waals surface area (Å²) in [7, 11) is 1.50. The van der Waals surface area contributed by atoms with Gasteiger partial charge in [0.25, 0.3) is 0 Å². The summed E-state index contributed by atoms with van der Waals surface area (Å²) in [6.07, 6.45) is 3.73. The number of hydrogen-bond acceptors (Lipinski definition) is 5. The van der Waals surface area contributed by atoms with Crippen LogP contribution in [0.3, 0.4) is 0 Å². The third-order valence-electron chi connectivity index (χ3n) is 7.16. The maximum absolute atomic E-state index is 13.8. The monoisotopic (exact) mass is 499 g/mol. The number of carbonyl (C=O) groups is 3. The van der Waals surface area contributed by atoms with Crippen molar-refractivity contribution in [2.45, 2.75) is 12.1 Å². The van der Waals surface area contributed by atoms with E-state index >= 15 is 0 Å². The third-order valence-corrected chi connectivity index (χ3v) is 7.40. The number of para-hydroxylation sites is 1. The van der Waals surface area contributed by atoms with Gasteiger partial charge in [-0.1, -0.05) is 54.1 Å². The van der Waals surface area contributed by atoms with Crippen molar-refractivity contribution < 1.29 is 19.1 Å². The lowest BCUT2D eigenvalue weighted by Crippen LogP contribution is -2.46. The number of halogens is 1. The molecule has 0 aromatic heterocycles. The molecule has 0 saturated carbocycles. The van der Waals surface area contributed by atoms with Gasteiger partial charge in [-0.15, -0.1) is 0 Å². The lowest BCUT2D eigenvalue weighted by molar-refractivity contribution is -0.128. The van der Waals surface area contributed by atoms with Crippen molar-refractivity contribution in [3.63, 3.8) is 0 Å². The van der Waals surface area contributed by atoms with Crippen molar-refractivity contribution in [2.24, 2.45) is 11.8 Å². The Morgan fingerprint density at radius 1 is 0.944 bits per heavy atom. The van der Waals surface area contributed by atoms with Gasteiger partial charge < -0.3 is 15.0 Å². The first kappa shape index (κ1) is 22.4. The molecule has 0 unspecified atom stereocenters. The first-order valence-electron chi connectivity index (χ1n) is 11.6. The fourth-order valence-electron chi connectivity index (χ4n) is 5.67. The molecule has 2 fully saturated rings. The van der Waals surface area contributed by atoms with E-state index in [0.717, 1.165) is 11.1 Å². The Labute approximate surface area is 212 Å². The molecule has 0 radical (unpaired) electrons. The summed E-state index contributed by atoms with van der Waals surface area (Å²) in [5, 5.41) is 3.33. The fourth-order valence-corrected chi connectivity index (χ4v) is 5.85. The second-order valence-electron chi connectivity index (χ2n) is 9.01. The number of carbonyl (C=O) groups excluding carboxylic acids is 3. The number of benzene rings is 3. The largest absolute Gasteiger partial charge is 0.495 e. The highest BCUT2D eigenvalue weighted by molar-refractivity contribution is 6.31. The van der Waals surface area contributed by atoms with E-state index in [0.29, 0.717) is 22.1 Å². The quantitative estimate of drug-likeness (QED) is 0.535. The van der Waals surface area contributed by atoms with E-state index in [1.54, 1.807) is 42.5 Å². The normalized spacial score (nSPS) is 23.8. The second-order valence-corrected chi connectivity index (χ2v) is 9.45. The Morgan fingerprint density at radius 2 is 1.67 bits per heavy atom. The van der Waals surface area contributed by atoms with Crippen LogP contribution >= 0.6 is 11.6 Å². The Balaban J connectivity index is 1.45. The SMILES string of the molecule is COc1ccc(Cl)cc1NC(=O)[C@@H]1[C@@H]2C(=O)N(c3ccccc3)C(=O)[C@@H]2[C@H]2c3ccccc3C=CN12. The van der Waals surface area contributed by atoms with E-state index in [1.165, 1.54) is 12.0 Å². The molecule has 3 amide bonds. The summed E-state index contributed by atoms with van der Waals surface area (Å²) in [5.74, 6) is -2.21. The molecule has 3 aromatic rings. The number of anilines is 2. The molecule has 0 aliphatic carbocycles. The van der Waals surface area contributed by atoms with Gasteiger partial charge in [0.15, 0.2) is 0 Å². The molecular formula is C28H22ClN3O4. The average molecular weight is 500 g/mol. The molecule has 2 saturated heterocycles. The lowest BCUT2D eigenvalue weighted by atomic mass is 9.84. The number of fused-ring (bicyclic) bond motifs is 5. The number of hydrogen-bond donors (Lipinski definition) is 1. The van der Waals surface area contributed by atoms with E-state index in [9.17, 15) is 14.4 Å². The molecule has 0 bridgehead atoms. The van der Waals surface area contributed by atoms with Crippen LogP contribution in [-0.2, 0) is 14.4 Å². The van der Waals surface area contributed by atoms with Crippen molar-refractivity contribution in [2.75, 3.05) is 17.3 Å². The molecule has 4 atom stereocenters. The molecule has 7 nitrogen and oxygen atoms in total. The number of imide groups is 1. The molecular weight excluding hydrogens is 478 g/mol. The van der Waals surface area contributed by atoms with Gasteiger partial charge in [0.05, 0.1) is 36.4 Å². The van der Waals surface area contributed by atoms with Crippen LogP contribution in [0.2, 0.25) is 5.02 Å². The summed E-state index contributed by atoms with van der Waals surface area (Å²) >= 11 is 6.17. The summed E-state index contributed by atoms with van der Waals surface area (Å²) in [6, 6.07) is 20.2. The van der Waals surface area contributed by atoms with E-state index in [2.05, 4.69) is 5.32 Å². The number of amides is 3. The van der Waals surface area contributed by atoms with Gasteiger partial charge in [0.2, 0.25) is 17.7 Å². The molecule has 1 N–H and O–H groups in total. The number of methoxy groups -OCH3 is 1. The number of rotatable bonds is 4.